The number of ether oxygens (including phenoxy) is 3. The Morgan fingerprint density at radius 3 is 2.85 bits per heavy atom. The topological polar surface area (TPSA) is 80.6 Å². The molecule has 0 aliphatic carbocycles. The molecule has 1 aliphatic heterocycles. The summed E-state index contributed by atoms with van der Waals surface area (Å²) in [4.78, 5) is 11.4. The highest BCUT2D eigenvalue weighted by atomic mass is 16.5. The molecule has 1 aliphatic rings. The van der Waals surface area contributed by atoms with Gasteiger partial charge in [0.2, 0.25) is 0 Å². The van der Waals surface area contributed by atoms with Crippen LogP contribution in [0.3, 0.4) is 0 Å². The molecule has 1 N–H and O–H groups in total. The van der Waals surface area contributed by atoms with E-state index in [0.29, 0.717) is 30.0 Å². The van der Waals surface area contributed by atoms with Crippen molar-refractivity contribution < 1.29 is 19.0 Å². The van der Waals surface area contributed by atoms with Crippen LogP contribution < -0.4 is 14.8 Å². The van der Waals surface area contributed by atoms with Gasteiger partial charge >= 0.3 is 5.97 Å². The first-order chi connectivity index (χ1) is 9.67. The average molecular weight is 276 g/mol. The number of carbonyl (C=O) groups is 1. The van der Waals surface area contributed by atoms with Crippen LogP contribution in [-0.4, -0.2) is 38.9 Å². The Morgan fingerprint density at radius 2 is 2.20 bits per heavy atom. The molecule has 1 heterocycles. The molecule has 0 spiro atoms. The zero-order valence-electron chi connectivity index (χ0n) is 11.4. The number of carbonyl (C=O) groups excluding carboxylic acids is 1. The number of nitrogens with zero attached hydrogens (tertiary/aromatic N) is 1. The standard InChI is InChI=1S/C14H16N2O4/c1-18-13-5-9(7-15)3-4-12(13)20-10-6-11(16-8-10)14(17)19-2/h3-5,10-11,16H,6,8H2,1-2H3/t10-,11-/m0/s1. The fourth-order valence-electron chi connectivity index (χ4n) is 2.13. The molecular formula is C14H16N2O4. The third-order valence-electron chi connectivity index (χ3n) is 3.16. The lowest BCUT2D eigenvalue weighted by atomic mass is 10.2. The summed E-state index contributed by atoms with van der Waals surface area (Å²) in [6.45, 7) is 0.558. The molecule has 2 rings (SSSR count). The highest BCUT2D eigenvalue weighted by Crippen LogP contribution is 2.30. The van der Waals surface area contributed by atoms with Gasteiger partial charge in [0.25, 0.3) is 0 Å². The van der Waals surface area contributed by atoms with E-state index in [1.54, 1.807) is 18.2 Å². The Labute approximate surface area is 117 Å². The van der Waals surface area contributed by atoms with Crippen molar-refractivity contribution in [2.24, 2.45) is 0 Å². The molecule has 1 saturated heterocycles. The predicted octanol–water partition coefficient (Wildman–Crippen LogP) is 0.849. The number of rotatable bonds is 4. The third-order valence-corrected chi connectivity index (χ3v) is 3.16. The molecule has 1 aromatic carbocycles. The van der Waals surface area contributed by atoms with Crippen LogP contribution in [0.25, 0.3) is 0 Å². The van der Waals surface area contributed by atoms with Crippen molar-refractivity contribution in [1.29, 1.82) is 5.26 Å². The molecule has 0 amide bonds. The van der Waals surface area contributed by atoms with Crippen molar-refractivity contribution in [3.63, 3.8) is 0 Å². The van der Waals surface area contributed by atoms with E-state index in [0.717, 1.165) is 0 Å². The Morgan fingerprint density at radius 1 is 1.40 bits per heavy atom. The lowest BCUT2D eigenvalue weighted by Gasteiger charge is -2.15. The van der Waals surface area contributed by atoms with Gasteiger partial charge in [0.05, 0.1) is 25.9 Å². The monoisotopic (exact) mass is 276 g/mol. The van der Waals surface area contributed by atoms with E-state index in [2.05, 4.69) is 5.32 Å². The molecule has 0 unspecified atom stereocenters. The van der Waals surface area contributed by atoms with Gasteiger partial charge in [-0.3, -0.25) is 4.79 Å². The number of hydrogen-bond acceptors (Lipinski definition) is 6. The summed E-state index contributed by atoms with van der Waals surface area (Å²) in [5.41, 5.74) is 0.506. The molecule has 6 nitrogen and oxygen atoms in total. The quantitative estimate of drug-likeness (QED) is 0.821. The van der Waals surface area contributed by atoms with Crippen LogP contribution >= 0.6 is 0 Å². The van der Waals surface area contributed by atoms with Crippen LogP contribution in [0.1, 0.15) is 12.0 Å². The highest BCUT2D eigenvalue weighted by Gasteiger charge is 2.31. The number of hydrogen-bond donors (Lipinski definition) is 1. The van der Waals surface area contributed by atoms with E-state index < -0.39 is 0 Å². The van der Waals surface area contributed by atoms with Crippen molar-refractivity contribution in [3.8, 4) is 17.6 Å². The van der Waals surface area contributed by atoms with Gasteiger partial charge in [0.15, 0.2) is 11.5 Å². The van der Waals surface area contributed by atoms with Gasteiger partial charge in [-0.15, -0.1) is 0 Å². The first-order valence-electron chi connectivity index (χ1n) is 6.24. The van der Waals surface area contributed by atoms with E-state index in [4.69, 9.17) is 19.5 Å². The summed E-state index contributed by atoms with van der Waals surface area (Å²) in [5, 5.41) is 11.9. The van der Waals surface area contributed by atoms with Gasteiger partial charge < -0.3 is 19.5 Å². The zero-order chi connectivity index (χ0) is 14.5. The second kappa shape index (κ2) is 6.26. The fraction of sp³-hybridized carbons (Fsp3) is 0.429. The van der Waals surface area contributed by atoms with E-state index in [9.17, 15) is 4.79 Å². The Bertz CT molecular complexity index is 538. The van der Waals surface area contributed by atoms with Crippen molar-refractivity contribution >= 4 is 5.97 Å². The molecular weight excluding hydrogens is 260 g/mol. The largest absolute Gasteiger partial charge is 0.493 e. The number of esters is 1. The lowest BCUT2D eigenvalue weighted by Crippen LogP contribution is -2.31. The van der Waals surface area contributed by atoms with Crippen molar-refractivity contribution in [1.82, 2.24) is 5.32 Å². The summed E-state index contributed by atoms with van der Waals surface area (Å²) in [5.74, 6) is 0.775. The van der Waals surface area contributed by atoms with Crippen LogP contribution in [0.4, 0.5) is 0 Å². The van der Waals surface area contributed by atoms with Crippen LogP contribution in [0.2, 0.25) is 0 Å². The molecule has 106 valence electrons. The zero-order valence-corrected chi connectivity index (χ0v) is 11.4. The molecule has 20 heavy (non-hydrogen) atoms. The summed E-state index contributed by atoms with van der Waals surface area (Å²) in [6, 6.07) is 6.69. The number of methoxy groups -OCH3 is 2. The molecule has 0 bridgehead atoms. The summed E-state index contributed by atoms with van der Waals surface area (Å²) < 4.78 is 15.7. The maximum Gasteiger partial charge on any atom is 0.323 e. The normalized spacial score (nSPS) is 21.1. The van der Waals surface area contributed by atoms with Crippen molar-refractivity contribution in [3.05, 3.63) is 23.8 Å². The van der Waals surface area contributed by atoms with E-state index in [1.807, 2.05) is 6.07 Å². The fourth-order valence-corrected chi connectivity index (χ4v) is 2.13. The first kappa shape index (κ1) is 14.2. The van der Waals surface area contributed by atoms with Crippen molar-refractivity contribution in [2.45, 2.75) is 18.6 Å². The predicted molar refractivity (Wildman–Crippen MR) is 70.5 cm³/mol. The summed E-state index contributed by atoms with van der Waals surface area (Å²) in [7, 11) is 2.88. The minimum atomic E-state index is -0.339. The third kappa shape index (κ3) is 3.00. The van der Waals surface area contributed by atoms with Gasteiger partial charge in [-0.25, -0.2) is 0 Å². The first-order valence-corrected chi connectivity index (χ1v) is 6.24. The number of nitrogens with one attached hydrogen (secondary N) is 1. The maximum atomic E-state index is 11.4. The van der Waals surface area contributed by atoms with Gasteiger partial charge in [-0.05, 0) is 12.1 Å². The average Bonchev–Trinajstić information content (AvgIpc) is 2.95. The molecule has 0 saturated carbocycles. The molecule has 1 fully saturated rings. The summed E-state index contributed by atoms with van der Waals surface area (Å²) >= 11 is 0. The van der Waals surface area contributed by atoms with Crippen LogP contribution in [0.5, 0.6) is 11.5 Å². The van der Waals surface area contributed by atoms with Crippen LogP contribution in [0.15, 0.2) is 18.2 Å². The second-order valence-corrected chi connectivity index (χ2v) is 4.44. The SMILES string of the molecule is COC(=O)[C@@H]1C[C@H](Oc2ccc(C#N)cc2OC)CN1. The second-order valence-electron chi connectivity index (χ2n) is 4.44. The molecule has 2 atom stereocenters. The summed E-state index contributed by atoms with van der Waals surface area (Å²) in [6.07, 6.45) is 0.400. The highest BCUT2D eigenvalue weighted by molar-refractivity contribution is 5.76. The van der Waals surface area contributed by atoms with Gasteiger partial charge in [0, 0.05) is 19.0 Å². The lowest BCUT2D eigenvalue weighted by molar-refractivity contribution is -0.142. The molecule has 1 aromatic rings. The molecule has 0 radical (unpaired) electrons. The Hall–Kier alpha value is -2.26. The van der Waals surface area contributed by atoms with E-state index in [-0.39, 0.29) is 18.1 Å². The van der Waals surface area contributed by atoms with Gasteiger partial charge in [0.1, 0.15) is 12.1 Å². The van der Waals surface area contributed by atoms with E-state index >= 15 is 0 Å². The van der Waals surface area contributed by atoms with Gasteiger partial charge in [-0.2, -0.15) is 5.26 Å². The smallest absolute Gasteiger partial charge is 0.323 e. The van der Waals surface area contributed by atoms with E-state index in [1.165, 1.54) is 14.2 Å². The Kier molecular flexibility index (Phi) is 4.43. The Balaban J connectivity index is 2.04. The number of benzene rings is 1. The minimum Gasteiger partial charge on any atom is -0.493 e. The molecule has 0 aromatic heterocycles. The van der Waals surface area contributed by atoms with Gasteiger partial charge in [-0.1, -0.05) is 0 Å². The maximum absolute atomic E-state index is 11.4. The molecule has 6 heteroatoms. The van der Waals surface area contributed by atoms with Crippen LogP contribution in [0, 0.1) is 11.3 Å². The minimum absolute atomic E-state index is 0.138. The van der Waals surface area contributed by atoms with Crippen molar-refractivity contribution in [2.75, 3.05) is 20.8 Å². The van der Waals surface area contributed by atoms with Crippen LogP contribution in [-0.2, 0) is 9.53 Å². The number of nitriles is 1.